The van der Waals surface area contributed by atoms with Crippen LogP contribution in [0.25, 0.3) is 33.1 Å². The molecule has 0 amide bonds. The Morgan fingerprint density at radius 1 is 0.604 bits per heavy atom. The fourth-order valence-corrected chi connectivity index (χ4v) is 8.04. The van der Waals surface area contributed by atoms with Crippen molar-refractivity contribution in [3.63, 3.8) is 0 Å². The van der Waals surface area contributed by atoms with Crippen molar-refractivity contribution in [3.05, 3.63) is 81.9 Å². The second kappa shape index (κ2) is 13.7. The molecule has 0 bridgehead atoms. The van der Waals surface area contributed by atoms with Crippen LogP contribution in [-0.4, -0.2) is 14.2 Å². The fraction of sp³-hybridized carbons (Fsp3) is 0.368. The van der Waals surface area contributed by atoms with Crippen LogP contribution in [0.2, 0.25) is 0 Å². The van der Waals surface area contributed by atoms with E-state index in [-0.39, 0.29) is 10.8 Å². The first-order chi connectivity index (χ1) is 22.4. The Kier molecular flexibility index (Phi) is 10.4. The van der Waals surface area contributed by atoms with Crippen molar-refractivity contribution in [2.45, 2.75) is 80.1 Å². The van der Waals surface area contributed by atoms with Gasteiger partial charge >= 0.3 is 8.24 Å². The Labute approximate surface area is 295 Å². The zero-order valence-electron chi connectivity index (χ0n) is 29.7. The number of halogens is 2. The van der Waals surface area contributed by atoms with Crippen molar-refractivity contribution in [1.82, 2.24) is 0 Å². The molecule has 0 atom stereocenters. The van der Waals surface area contributed by atoms with Crippen LogP contribution >= 0.6 is 37.6 Å². The van der Waals surface area contributed by atoms with E-state index in [1.807, 2.05) is 45.0 Å². The van der Waals surface area contributed by atoms with Crippen LogP contribution in [0.5, 0.6) is 23.0 Å². The molecule has 0 aliphatic carbocycles. The van der Waals surface area contributed by atoms with E-state index in [0.717, 1.165) is 66.8 Å². The summed E-state index contributed by atoms with van der Waals surface area (Å²) < 4.78 is 38.4. The first-order valence-electron chi connectivity index (χ1n) is 15.7. The van der Waals surface area contributed by atoms with Gasteiger partial charge in [-0.2, -0.15) is 0 Å². The molecular weight excluding hydrogens is 685 g/mol. The van der Waals surface area contributed by atoms with Crippen molar-refractivity contribution >= 4 is 59.5 Å². The van der Waals surface area contributed by atoms with Gasteiger partial charge in [-0.15, -0.1) is 0 Å². The van der Waals surface area contributed by atoms with Crippen molar-refractivity contribution in [3.8, 4) is 34.1 Å². The van der Waals surface area contributed by atoms with Crippen LogP contribution < -0.4 is 18.5 Å². The second-order valence-electron chi connectivity index (χ2n) is 14.3. The van der Waals surface area contributed by atoms with Crippen LogP contribution in [-0.2, 0) is 10.8 Å². The van der Waals surface area contributed by atoms with E-state index in [2.05, 4.69) is 72.7 Å². The molecule has 1 heterocycles. The molecule has 0 N–H and O–H groups in total. The van der Waals surface area contributed by atoms with Crippen LogP contribution in [0, 0.1) is 27.7 Å². The van der Waals surface area contributed by atoms with Gasteiger partial charge in [-0.3, -0.25) is 0 Å². The average molecular weight is 730 g/mol. The largest absolute Gasteiger partial charge is 0.497 e. The molecule has 0 saturated heterocycles. The molecule has 48 heavy (non-hydrogen) atoms. The first-order valence-corrected chi connectivity index (χ1v) is 19.9. The molecule has 6 nitrogen and oxygen atoms in total. The predicted octanol–water partition coefficient (Wildman–Crippen LogP) is 13.7. The molecule has 1 aromatic heterocycles. The standard InChI is InChI=1S/C38H44Cl2O6P2/c1-21-13-23(3)33(43-47(39)40)27(15-21)28-16-22(2)14-24(4)34(28)44-48-45-35-29(17-25(41-11)19-31(35)37(5,6)7)30-18-26(42-12)20-32(36(30)46-48)38(8,9)10/h13-20H,1-12H3. The highest BCUT2D eigenvalue weighted by atomic mass is 35.9. The summed E-state index contributed by atoms with van der Waals surface area (Å²) in [7, 11) is 1.31. The van der Waals surface area contributed by atoms with E-state index in [0.29, 0.717) is 22.7 Å². The number of aryl methyl sites for hydroxylation is 4. The van der Waals surface area contributed by atoms with E-state index >= 15 is 0 Å². The van der Waals surface area contributed by atoms with Crippen molar-refractivity contribution in [1.29, 1.82) is 0 Å². The number of hydrogen-bond acceptors (Lipinski definition) is 6. The van der Waals surface area contributed by atoms with Crippen LogP contribution in [0.15, 0.2) is 56.9 Å². The Hall–Kier alpha value is -3.01. The van der Waals surface area contributed by atoms with Gasteiger partial charge < -0.3 is 26.9 Å². The van der Waals surface area contributed by atoms with Gasteiger partial charge in [0.15, 0.2) is 0 Å². The van der Waals surface area contributed by atoms with Gasteiger partial charge in [-0.05, 0) is 120 Å². The third-order valence-corrected chi connectivity index (χ3v) is 10.0. The van der Waals surface area contributed by atoms with E-state index < -0.39 is 15.1 Å². The minimum atomic E-state index is -2.05. The Morgan fingerprint density at radius 3 is 1.42 bits per heavy atom. The van der Waals surface area contributed by atoms with E-state index in [9.17, 15) is 0 Å². The molecular formula is C38H44Cl2O6P2. The van der Waals surface area contributed by atoms with Gasteiger partial charge in [-0.1, -0.05) is 53.7 Å². The topological polar surface area (TPSA) is 63.2 Å². The lowest BCUT2D eigenvalue weighted by Gasteiger charge is -2.21. The number of benzene rings is 4. The highest BCUT2D eigenvalue weighted by molar-refractivity contribution is 8.00. The molecule has 5 rings (SSSR count). The maximum absolute atomic E-state index is 6.95. The summed E-state index contributed by atoms with van der Waals surface area (Å²) in [6, 6.07) is 16.3. The molecule has 0 spiro atoms. The highest BCUT2D eigenvalue weighted by Crippen LogP contribution is 2.53. The van der Waals surface area contributed by atoms with Gasteiger partial charge in [0.05, 0.1) is 14.2 Å². The second-order valence-corrected chi connectivity index (χ2v) is 18.3. The van der Waals surface area contributed by atoms with E-state index in [1.165, 1.54) is 0 Å². The number of ether oxygens (including phenoxy) is 2. The normalized spacial score (nSPS) is 12.1. The number of fused-ring (bicyclic) bond motifs is 3. The SMILES string of the molecule is COc1cc(C(C)(C)C)c2op(Oc3c(C)cc(C)cc3-c3cc(C)cc(C)c3OP(Cl)Cl)oc3c(C(C)(C)C)cc(OC)cc3c2c1. The molecule has 10 heteroatoms. The van der Waals surface area contributed by atoms with Gasteiger partial charge in [0.25, 0.3) is 6.85 Å². The van der Waals surface area contributed by atoms with Crippen LogP contribution in [0.4, 0.5) is 0 Å². The van der Waals surface area contributed by atoms with Crippen LogP contribution in [0.3, 0.4) is 0 Å². The molecule has 0 aliphatic rings. The lowest BCUT2D eigenvalue weighted by Crippen LogP contribution is -2.12. The van der Waals surface area contributed by atoms with Gasteiger partial charge in [0.1, 0.15) is 34.2 Å². The van der Waals surface area contributed by atoms with Crippen molar-refractivity contribution < 1.29 is 26.9 Å². The summed E-state index contributed by atoms with van der Waals surface area (Å²) in [4.78, 5) is 0. The third-order valence-electron chi connectivity index (χ3n) is 8.29. The Balaban J connectivity index is 1.93. The predicted molar refractivity (Wildman–Crippen MR) is 203 cm³/mol. The number of methoxy groups -OCH3 is 2. The molecule has 256 valence electrons. The number of rotatable bonds is 7. The minimum absolute atomic E-state index is 0.298. The maximum Gasteiger partial charge on any atom is 0.453 e. The monoisotopic (exact) mass is 728 g/mol. The quantitative estimate of drug-likeness (QED) is 0.155. The zero-order chi connectivity index (χ0) is 35.3. The fourth-order valence-electron chi connectivity index (χ4n) is 6.05. The summed E-state index contributed by atoms with van der Waals surface area (Å²) in [6.07, 6.45) is 0. The molecule has 0 unspecified atom stereocenters. The molecule has 5 aromatic rings. The van der Waals surface area contributed by atoms with Gasteiger partial charge in [0, 0.05) is 33.0 Å². The summed E-state index contributed by atoms with van der Waals surface area (Å²) >= 11 is 12.4. The van der Waals surface area contributed by atoms with Gasteiger partial charge in [-0.25, -0.2) is 0 Å². The van der Waals surface area contributed by atoms with Gasteiger partial charge in [0.2, 0.25) is 0 Å². The third kappa shape index (κ3) is 7.43. The first kappa shape index (κ1) is 36.3. The molecule has 0 radical (unpaired) electrons. The molecule has 0 aliphatic heterocycles. The van der Waals surface area contributed by atoms with E-state index in [1.54, 1.807) is 14.2 Å². The summed E-state index contributed by atoms with van der Waals surface area (Å²) in [6.45, 7) is 19.3. The molecule has 0 saturated carbocycles. The molecule has 4 aromatic carbocycles. The number of hydrogen-bond donors (Lipinski definition) is 0. The zero-order valence-corrected chi connectivity index (χ0v) is 33.0. The Morgan fingerprint density at radius 2 is 1.02 bits per heavy atom. The highest BCUT2D eigenvalue weighted by Gasteiger charge is 2.27. The van der Waals surface area contributed by atoms with Crippen molar-refractivity contribution in [2.24, 2.45) is 0 Å². The van der Waals surface area contributed by atoms with E-state index in [4.69, 9.17) is 49.4 Å². The molecule has 0 fully saturated rings. The lowest BCUT2D eigenvalue weighted by atomic mass is 9.84. The summed E-state index contributed by atoms with van der Waals surface area (Å²) in [5.74, 6) is 2.68. The Bertz CT molecular complexity index is 1970. The smallest absolute Gasteiger partial charge is 0.453 e. The summed E-state index contributed by atoms with van der Waals surface area (Å²) in [5, 5.41) is 1.69. The van der Waals surface area contributed by atoms with Crippen LogP contribution in [0.1, 0.15) is 74.9 Å². The summed E-state index contributed by atoms with van der Waals surface area (Å²) in [5.41, 5.74) is 8.32. The van der Waals surface area contributed by atoms with Crippen molar-refractivity contribution in [2.75, 3.05) is 14.2 Å². The minimum Gasteiger partial charge on any atom is -0.497 e. The average Bonchev–Trinajstić information content (AvgIpc) is 3.13. The lowest BCUT2D eigenvalue weighted by molar-refractivity contribution is 0.413. The maximum atomic E-state index is 6.95.